The largest absolute Gasteiger partial charge is 0.338 e. The van der Waals surface area contributed by atoms with E-state index >= 15 is 0 Å². The van der Waals surface area contributed by atoms with Crippen molar-refractivity contribution in [3.05, 3.63) is 45.3 Å². The Labute approximate surface area is 167 Å². The number of fused-ring (bicyclic) bond motifs is 1. The summed E-state index contributed by atoms with van der Waals surface area (Å²) in [6.45, 7) is 10.8. The Kier molecular flexibility index (Phi) is 5.63. The van der Waals surface area contributed by atoms with Gasteiger partial charge < -0.3 is 4.52 Å². The van der Waals surface area contributed by atoms with Crippen LogP contribution in [-0.2, 0) is 17.7 Å². The summed E-state index contributed by atoms with van der Waals surface area (Å²) in [7, 11) is 0. The van der Waals surface area contributed by atoms with E-state index in [9.17, 15) is 4.79 Å². The van der Waals surface area contributed by atoms with Gasteiger partial charge in [0.1, 0.15) is 0 Å². The Balaban J connectivity index is 1.96. The topological polar surface area (TPSA) is 73.8 Å². The fourth-order valence-corrected chi connectivity index (χ4v) is 3.57. The number of nitrogens with zero attached hydrogens (tertiary/aromatic N) is 4. The molecule has 0 saturated carbocycles. The van der Waals surface area contributed by atoms with Crippen molar-refractivity contribution in [1.29, 1.82) is 0 Å². The minimum Gasteiger partial charge on any atom is -0.338 e. The van der Waals surface area contributed by atoms with Gasteiger partial charge in [0.05, 0.1) is 16.7 Å². The van der Waals surface area contributed by atoms with E-state index in [4.69, 9.17) is 16.1 Å². The first-order chi connectivity index (χ1) is 12.6. The van der Waals surface area contributed by atoms with E-state index in [1.807, 2.05) is 20.8 Å². The van der Waals surface area contributed by atoms with Crippen molar-refractivity contribution in [1.82, 2.24) is 19.7 Å². The molecule has 144 valence electrons. The van der Waals surface area contributed by atoms with Crippen LogP contribution in [0.2, 0.25) is 5.02 Å². The Morgan fingerprint density at radius 3 is 2.63 bits per heavy atom. The Bertz CT molecular complexity index is 1020. The highest BCUT2D eigenvalue weighted by Crippen LogP contribution is 2.25. The normalized spacial score (nSPS) is 12.3. The SMILES string of the molecule is CC(C)Cn1c(SCc2nc(C(C)(C)C)no2)nc2ccc(Cl)cc2c1=O. The average molecular weight is 407 g/mol. The molecule has 0 fully saturated rings. The molecule has 27 heavy (non-hydrogen) atoms. The molecular weight excluding hydrogens is 384 g/mol. The Hall–Kier alpha value is -1.86. The van der Waals surface area contributed by atoms with Crippen molar-refractivity contribution in [3.8, 4) is 0 Å². The van der Waals surface area contributed by atoms with Gasteiger partial charge in [-0.25, -0.2) is 4.98 Å². The molecule has 3 rings (SSSR count). The number of benzene rings is 1. The summed E-state index contributed by atoms with van der Waals surface area (Å²) >= 11 is 7.48. The Morgan fingerprint density at radius 1 is 1.26 bits per heavy atom. The molecule has 8 heteroatoms. The highest BCUT2D eigenvalue weighted by atomic mass is 35.5. The Morgan fingerprint density at radius 2 is 2.00 bits per heavy atom. The monoisotopic (exact) mass is 406 g/mol. The molecule has 6 nitrogen and oxygen atoms in total. The van der Waals surface area contributed by atoms with E-state index in [1.165, 1.54) is 11.8 Å². The van der Waals surface area contributed by atoms with Crippen molar-refractivity contribution in [3.63, 3.8) is 0 Å². The van der Waals surface area contributed by atoms with Crippen molar-refractivity contribution in [2.75, 3.05) is 0 Å². The van der Waals surface area contributed by atoms with Crippen LogP contribution in [0.5, 0.6) is 0 Å². The minimum atomic E-state index is -0.174. The maximum atomic E-state index is 13.0. The van der Waals surface area contributed by atoms with E-state index < -0.39 is 0 Å². The van der Waals surface area contributed by atoms with Crippen molar-refractivity contribution in [2.45, 2.75) is 57.5 Å². The molecule has 0 aliphatic heterocycles. The lowest BCUT2D eigenvalue weighted by molar-refractivity contribution is 0.372. The van der Waals surface area contributed by atoms with E-state index in [0.717, 1.165) is 0 Å². The lowest BCUT2D eigenvalue weighted by Crippen LogP contribution is -2.25. The zero-order valence-corrected chi connectivity index (χ0v) is 17.7. The second-order valence-corrected chi connectivity index (χ2v) is 9.29. The summed E-state index contributed by atoms with van der Waals surface area (Å²) < 4.78 is 7.06. The average Bonchev–Trinajstić information content (AvgIpc) is 3.05. The molecule has 0 atom stereocenters. The fourth-order valence-electron chi connectivity index (χ4n) is 2.55. The summed E-state index contributed by atoms with van der Waals surface area (Å²) in [6, 6.07) is 5.18. The van der Waals surface area contributed by atoms with Gasteiger partial charge in [-0.3, -0.25) is 9.36 Å². The molecule has 2 aromatic heterocycles. The summed E-state index contributed by atoms with van der Waals surface area (Å²) in [5.41, 5.74) is 0.375. The van der Waals surface area contributed by atoms with E-state index in [-0.39, 0.29) is 11.0 Å². The highest BCUT2D eigenvalue weighted by molar-refractivity contribution is 7.98. The van der Waals surface area contributed by atoms with Gasteiger partial charge >= 0.3 is 0 Å². The third-order valence-electron chi connectivity index (χ3n) is 3.89. The fraction of sp³-hybridized carbons (Fsp3) is 0.474. The molecule has 0 aliphatic carbocycles. The second-order valence-electron chi connectivity index (χ2n) is 7.92. The third kappa shape index (κ3) is 4.52. The third-order valence-corrected chi connectivity index (χ3v) is 5.09. The summed E-state index contributed by atoms with van der Waals surface area (Å²) in [5.74, 6) is 1.94. The molecule has 0 aliphatic rings. The molecular formula is C19H23ClN4O2S. The summed E-state index contributed by atoms with van der Waals surface area (Å²) in [6.07, 6.45) is 0. The molecule has 3 aromatic rings. The quantitative estimate of drug-likeness (QED) is 0.452. The predicted octanol–water partition coefficient (Wildman–Crippen LogP) is 4.68. The van der Waals surface area contributed by atoms with E-state index in [2.05, 4.69) is 29.0 Å². The van der Waals surface area contributed by atoms with Gasteiger partial charge in [-0.05, 0) is 24.1 Å². The number of hydrogen-bond acceptors (Lipinski definition) is 6. The van der Waals surface area contributed by atoms with Crippen molar-refractivity contribution < 1.29 is 4.52 Å². The van der Waals surface area contributed by atoms with Crippen LogP contribution in [0.25, 0.3) is 10.9 Å². The zero-order valence-electron chi connectivity index (χ0n) is 16.1. The van der Waals surface area contributed by atoms with Crippen LogP contribution in [0.15, 0.2) is 32.7 Å². The lowest BCUT2D eigenvalue weighted by atomic mass is 9.96. The van der Waals surface area contributed by atoms with Crippen molar-refractivity contribution >= 4 is 34.3 Å². The minimum absolute atomic E-state index is 0.0837. The van der Waals surface area contributed by atoms with E-state index in [0.29, 0.717) is 51.0 Å². The number of aromatic nitrogens is 4. The number of thioether (sulfide) groups is 1. The van der Waals surface area contributed by atoms with Gasteiger partial charge in [0, 0.05) is 17.0 Å². The van der Waals surface area contributed by atoms with Gasteiger partial charge in [-0.2, -0.15) is 4.98 Å². The second kappa shape index (κ2) is 7.64. The first kappa shape index (κ1) is 19.9. The summed E-state index contributed by atoms with van der Waals surface area (Å²) in [5, 5.41) is 5.74. The van der Waals surface area contributed by atoms with Crippen LogP contribution in [0.4, 0.5) is 0 Å². The molecule has 0 unspecified atom stereocenters. The molecule has 0 bridgehead atoms. The number of rotatable bonds is 5. The van der Waals surface area contributed by atoms with Gasteiger partial charge in [0.15, 0.2) is 11.0 Å². The highest BCUT2D eigenvalue weighted by Gasteiger charge is 2.21. The predicted molar refractivity (Wildman–Crippen MR) is 108 cm³/mol. The molecule has 1 aromatic carbocycles. The molecule has 2 heterocycles. The number of halogens is 1. The van der Waals surface area contributed by atoms with Gasteiger partial charge in [-0.15, -0.1) is 0 Å². The smallest absolute Gasteiger partial charge is 0.262 e. The van der Waals surface area contributed by atoms with Crippen LogP contribution in [0.1, 0.15) is 46.3 Å². The standard InChI is InChI=1S/C19H23ClN4O2S/c1-11(2)9-24-16(25)13-8-12(20)6-7-14(13)21-18(24)27-10-15-22-17(23-26-15)19(3,4)5/h6-8,11H,9-10H2,1-5H3. The number of hydrogen-bond donors (Lipinski definition) is 0. The van der Waals surface area contributed by atoms with Gasteiger partial charge in [0.2, 0.25) is 5.89 Å². The van der Waals surface area contributed by atoms with Crippen LogP contribution < -0.4 is 5.56 Å². The molecule has 0 amide bonds. The van der Waals surface area contributed by atoms with Crippen LogP contribution in [0, 0.1) is 5.92 Å². The van der Waals surface area contributed by atoms with Gasteiger partial charge in [0.25, 0.3) is 5.56 Å². The van der Waals surface area contributed by atoms with Crippen LogP contribution in [0.3, 0.4) is 0 Å². The van der Waals surface area contributed by atoms with Crippen LogP contribution in [-0.4, -0.2) is 19.7 Å². The molecule has 0 radical (unpaired) electrons. The molecule has 0 N–H and O–H groups in total. The maximum Gasteiger partial charge on any atom is 0.262 e. The van der Waals surface area contributed by atoms with Crippen LogP contribution >= 0.6 is 23.4 Å². The molecule has 0 spiro atoms. The van der Waals surface area contributed by atoms with Gasteiger partial charge in [-0.1, -0.05) is 63.1 Å². The van der Waals surface area contributed by atoms with Crippen molar-refractivity contribution in [2.24, 2.45) is 5.92 Å². The van der Waals surface area contributed by atoms with E-state index in [1.54, 1.807) is 22.8 Å². The summed E-state index contributed by atoms with van der Waals surface area (Å²) in [4.78, 5) is 22.1. The lowest BCUT2D eigenvalue weighted by Gasteiger charge is -2.14. The maximum absolute atomic E-state index is 13.0. The molecule has 0 saturated heterocycles. The first-order valence-corrected chi connectivity index (χ1v) is 10.2. The first-order valence-electron chi connectivity index (χ1n) is 8.81. The zero-order chi connectivity index (χ0) is 19.8.